The molecule has 0 bridgehead atoms. The zero-order valence-corrected chi connectivity index (χ0v) is 10.4. The van der Waals surface area contributed by atoms with Crippen LogP contribution in [0.2, 0.25) is 0 Å². The lowest BCUT2D eigenvalue weighted by Gasteiger charge is -2.25. The van der Waals surface area contributed by atoms with Gasteiger partial charge < -0.3 is 4.74 Å². The summed E-state index contributed by atoms with van der Waals surface area (Å²) in [4.78, 5) is 0. The normalized spacial score (nSPS) is 14.6. The van der Waals surface area contributed by atoms with Crippen molar-refractivity contribution in [1.29, 1.82) is 0 Å². The predicted molar refractivity (Wildman–Crippen MR) is 66.9 cm³/mol. The van der Waals surface area contributed by atoms with Crippen molar-refractivity contribution in [2.45, 2.75) is 38.8 Å². The van der Waals surface area contributed by atoms with E-state index in [1.807, 2.05) is 6.92 Å². The number of rotatable bonds is 7. The fourth-order valence-electron chi connectivity index (χ4n) is 1.90. The molecule has 0 fully saturated rings. The summed E-state index contributed by atoms with van der Waals surface area (Å²) in [6, 6.07) is 6.52. The number of nitrogens with two attached hydrogens (primary N) is 1. The molecule has 3 N–H and O–H groups in total. The van der Waals surface area contributed by atoms with Crippen molar-refractivity contribution in [2.75, 3.05) is 6.61 Å². The van der Waals surface area contributed by atoms with Gasteiger partial charge in [-0.2, -0.15) is 0 Å². The third-order valence-corrected chi connectivity index (χ3v) is 2.81. The molecule has 0 aliphatic heterocycles. The molecule has 0 spiro atoms. The van der Waals surface area contributed by atoms with Crippen LogP contribution in [-0.4, -0.2) is 18.8 Å². The molecule has 96 valence electrons. The number of ether oxygens (including phenoxy) is 1. The number of hydrogen-bond acceptors (Lipinski definition) is 3. The quantitative estimate of drug-likeness (QED) is 0.566. The highest BCUT2D eigenvalue weighted by atomic mass is 19.1. The van der Waals surface area contributed by atoms with Crippen LogP contribution in [0.1, 0.15) is 25.8 Å². The van der Waals surface area contributed by atoms with Crippen LogP contribution in [0.3, 0.4) is 0 Å². The monoisotopic (exact) mass is 240 g/mol. The summed E-state index contributed by atoms with van der Waals surface area (Å²) in [5, 5.41) is 0. The number of hydrogen-bond donors (Lipinski definition) is 2. The van der Waals surface area contributed by atoms with Gasteiger partial charge in [0.1, 0.15) is 5.82 Å². The van der Waals surface area contributed by atoms with Gasteiger partial charge in [0.15, 0.2) is 0 Å². The Hall–Kier alpha value is -0.970. The molecule has 1 aromatic carbocycles. The summed E-state index contributed by atoms with van der Waals surface area (Å²) in [5.74, 6) is 5.33. The molecule has 0 saturated carbocycles. The highest BCUT2D eigenvalue weighted by Crippen LogP contribution is 2.11. The lowest BCUT2D eigenvalue weighted by atomic mass is 10.00. The molecule has 2 unspecified atom stereocenters. The molecule has 1 aromatic rings. The first-order valence-electron chi connectivity index (χ1n) is 6.03. The Balaban J connectivity index is 2.64. The summed E-state index contributed by atoms with van der Waals surface area (Å²) >= 11 is 0. The van der Waals surface area contributed by atoms with Crippen LogP contribution in [0.5, 0.6) is 0 Å². The van der Waals surface area contributed by atoms with E-state index in [1.165, 1.54) is 12.1 Å². The first-order chi connectivity index (χ1) is 8.21. The van der Waals surface area contributed by atoms with E-state index in [1.54, 1.807) is 12.1 Å². The van der Waals surface area contributed by atoms with E-state index in [2.05, 4.69) is 12.3 Å². The zero-order chi connectivity index (χ0) is 12.7. The van der Waals surface area contributed by atoms with E-state index < -0.39 is 0 Å². The lowest BCUT2D eigenvalue weighted by molar-refractivity contribution is 0.0319. The molecule has 0 heterocycles. The Morgan fingerprint density at radius 2 is 1.94 bits per heavy atom. The van der Waals surface area contributed by atoms with E-state index in [4.69, 9.17) is 10.6 Å². The Morgan fingerprint density at radius 3 is 2.41 bits per heavy atom. The molecule has 0 amide bonds. The van der Waals surface area contributed by atoms with Crippen LogP contribution in [0.15, 0.2) is 24.3 Å². The fraction of sp³-hybridized carbons (Fsp3) is 0.538. The summed E-state index contributed by atoms with van der Waals surface area (Å²) in [6.45, 7) is 4.70. The molecule has 0 saturated heterocycles. The van der Waals surface area contributed by atoms with Crippen molar-refractivity contribution in [1.82, 2.24) is 5.43 Å². The highest BCUT2D eigenvalue weighted by molar-refractivity contribution is 5.17. The van der Waals surface area contributed by atoms with Crippen molar-refractivity contribution in [3.05, 3.63) is 35.6 Å². The first kappa shape index (κ1) is 14.1. The van der Waals surface area contributed by atoms with E-state index in [0.29, 0.717) is 6.61 Å². The molecular weight excluding hydrogens is 219 g/mol. The average molecular weight is 240 g/mol. The number of nitrogens with one attached hydrogen (secondary N) is 1. The smallest absolute Gasteiger partial charge is 0.123 e. The summed E-state index contributed by atoms with van der Waals surface area (Å²) in [6.07, 6.45) is 1.70. The standard InChI is InChI=1S/C13H21FN2O/c1-3-13(17-4-2)12(16-15)9-10-5-7-11(14)8-6-10/h5-8,12-13,16H,3-4,9,15H2,1-2H3. The summed E-state index contributed by atoms with van der Waals surface area (Å²) in [7, 11) is 0. The minimum absolute atomic E-state index is 0.0467. The van der Waals surface area contributed by atoms with Crippen molar-refractivity contribution in [3.8, 4) is 0 Å². The molecule has 0 radical (unpaired) electrons. The van der Waals surface area contributed by atoms with E-state index in [0.717, 1.165) is 18.4 Å². The lowest BCUT2D eigenvalue weighted by Crippen LogP contribution is -2.46. The second-order valence-corrected chi connectivity index (χ2v) is 4.01. The maximum atomic E-state index is 12.8. The van der Waals surface area contributed by atoms with Gasteiger partial charge in [0.2, 0.25) is 0 Å². The Labute approximate surface area is 102 Å². The third-order valence-electron chi connectivity index (χ3n) is 2.81. The minimum Gasteiger partial charge on any atom is -0.377 e. The largest absolute Gasteiger partial charge is 0.377 e. The second-order valence-electron chi connectivity index (χ2n) is 4.01. The minimum atomic E-state index is -0.220. The number of benzene rings is 1. The van der Waals surface area contributed by atoms with Crippen LogP contribution < -0.4 is 11.3 Å². The van der Waals surface area contributed by atoms with Crippen LogP contribution in [0.25, 0.3) is 0 Å². The van der Waals surface area contributed by atoms with Gasteiger partial charge in [-0.3, -0.25) is 11.3 Å². The van der Waals surface area contributed by atoms with Gasteiger partial charge in [-0.25, -0.2) is 4.39 Å². The second kappa shape index (κ2) is 7.37. The van der Waals surface area contributed by atoms with E-state index in [-0.39, 0.29) is 18.0 Å². The molecule has 17 heavy (non-hydrogen) atoms. The molecule has 0 aliphatic carbocycles. The highest BCUT2D eigenvalue weighted by Gasteiger charge is 2.19. The van der Waals surface area contributed by atoms with Crippen LogP contribution in [-0.2, 0) is 11.2 Å². The maximum absolute atomic E-state index is 12.8. The summed E-state index contributed by atoms with van der Waals surface area (Å²) in [5.41, 5.74) is 3.83. The van der Waals surface area contributed by atoms with Gasteiger partial charge in [-0.05, 0) is 37.5 Å². The zero-order valence-electron chi connectivity index (χ0n) is 10.4. The van der Waals surface area contributed by atoms with Gasteiger partial charge in [-0.15, -0.1) is 0 Å². The van der Waals surface area contributed by atoms with E-state index in [9.17, 15) is 4.39 Å². The first-order valence-corrected chi connectivity index (χ1v) is 6.03. The molecular formula is C13H21FN2O. The SMILES string of the molecule is CCOC(CC)C(Cc1ccc(F)cc1)NN. The average Bonchev–Trinajstić information content (AvgIpc) is 2.36. The van der Waals surface area contributed by atoms with Gasteiger partial charge >= 0.3 is 0 Å². The fourth-order valence-corrected chi connectivity index (χ4v) is 1.90. The predicted octanol–water partition coefficient (Wildman–Crippen LogP) is 2.02. The molecule has 3 nitrogen and oxygen atoms in total. The van der Waals surface area contributed by atoms with Crippen molar-refractivity contribution >= 4 is 0 Å². The maximum Gasteiger partial charge on any atom is 0.123 e. The Bertz CT molecular complexity index is 316. The van der Waals surface area contributed by atoms with Crippen LogP contribution >= 0.6 is 0 Å². The Kier molecular flexibility index (Phi) is 6.11. The van der Waals surface area contributed by atoms with Gasteiger partial charge in [0.05, 0.1) is 12.1 Å². The molecule has 2 atom stereocenters. The van der Waals surface area contributed by atoms with E-state index >= 15 is 0 Å². The number of hydrazine groups is 1. The van der Waals surface area contributed by atoms with Crippen molar-refractivity contribution in [2.24, 2.45) is 5.84 Å². The third kappa shape index (κ3) is 4.42. The topological polar surface area (TPSA) is 47.3 Å². The molecule has 0 aliphatic rings. The molecule has 1 rings (SSSR count). The van der Waals surface area contributed by atoms with Crippen LogP contribution in [0.4, 0.5) is 4.39 Å². The summed E-state index contributed by atoms with van der Waals surface area (Å²) < 4.78 is 18.4. The number of halogens is 1. The van der Waals surface area contributed by atoms with Gasteiger partial charge in [0.25, 0.3) is 0 Å². The molecule has 0 aromatic heterocycles. The van der Waals surface area contributed by atoms with Crippen LogP contribution in [0, 0.1) is 5.82 Å². The van der Waals surface area contributed by atoms with Gasteiger partial charge in [-0.1, -0.05) is 19.1 Å². The van der Waals surface area contributed by atoms with Crippen molar-refractivity contribution in [3.63, 3.8) is 0 Å². The molecule has 4 heteroatoms. The van der Waals surface area contributed by atoms with Crippen molar-refractivity contribution < 1.29 is 9.13 Å². The Morgan fingerprint density at radius 1 is 1.29 bits per heavy atom. The van der Waals surface area contributed by atoms with Gasteiger partial charge in [0, 0.05) is 6.61 Å².